The lowest BCUT2D eigenvalue weighted by molar-refractivity contribution is -0.140. The van der Waals surface area contributed by atoms with E-state index in [1.165, 1.54) is 19.2 Å². The van der Waals surface area contributed by atoms with Crippen LogP contribution in [0.5, 0.6) is 0 Å². The average Bonchev–Trinajstić information content (AvgIpc) is 3.04. The third kappa shape index (κ3) is 5.38. The van der Waals surface area contributed by atoms with E-state index < -0.39 is 23.5 Å². The minimum Gasteiger partial charge on any atom is -0.356 e. The maximum Gasteiger partial charge on any atom is 0.434 e. The van der Waals surface area contributed by atoms with Gasteiger partial charge >= 0.3 is 6.18 Å². The number of hydrogen-bond donors (Lipinski definition) is 2. The highest BCUT2D eigenvalue weighted by molar-refractivity contribution is 7.09. The molecule has 2 N–H and O–H groups in total. The summed E-state index contributed by atoms with van der Waals surface area (Å²) in [5.74, 6) is -1.49. The topological polar surface area (TPSA) is 49.3 Å². The molecule has 4 nitrogen and oxygen atoms in total. The molecule has 1 aromatic heterocycles. The summed E-state index contributed by atoms with van der Waals surface area (Å²) in [5, 5.41) is 6.89. The van der Waals surface area contributed by atoms with Crippen molar-refractivity contribution in [3.05, 3.63) is 51.5 Å². The second kappa shape index (κ2) is 8.24. The standard InChI is InChI=1S/C15H15F5N4S/c1-21-14(22-6-5-9-3-2-4-10(16)13(9)17)23-7-12-24-11(8-25-12)15(18,19)20/h2-4,8H,5-7H2,1H3,(H2,21,22,23). The Morgan fingerprint density at radius 3 is 2.64 bits per heavy atom. The third-order valence-electron chi connectivity index (χ3n) is 3.19. The molecular weight excluding hydrogens is 363 g/mol. The lowest BCUT2D eigenvalue weighted by Crippen LogP contribution is -2.38. The maximum atomic E-state index is 13.5. The predicted molar refractivity (Wildman–Crippen MR) is 85.4 cm³/mol. The highest BCUT2D eigenvalue weighted by Gasteiger charge is 2.33. The van der Waals surface area contributed by atoms with Crippen molar-refractivity contribution in [3.63, 3.8) is 0 Å². The van der Waals surface area contributed by atoms with E-state index in [9.17, 15) is 22.0 Å². The molecule has 0 saturated carbocycles. The largest absolute Gasteiger partial charge is 0.434 e. The molecule has 0 spiro atoms. The van der Waals surface area contributed by atoms with Gasteiger partial charge in [0.1, 0.15) is 5.01 Å². The van der Waals surface area contributed by atoms with Gasteiger partial charge in [-0.25, -0.2) is 13.8 Å². The molecule has 2 aromatic rings. The first-order chi connectivity index (χ1) is 11.8. The van der Waals surface area contributed by atoms with Crippen LogP contribution >= 0.6 is 11.3 Å². The molecule has 10 heteroatoms. The van der Waals surface area contributed by atoms with Crippen LogP contribution in [-0.2, 0) is 19.1 Å². The van der Waals surface area contributed by atoms with E-state index in [1.54, 1.807) is 0 Å². The summed E-state index contributed by atoms with van der Waals surface area (Å²) in [7, 11) is 1.49. The van der Waals surface area contributed by atoms with Crippen molar-refractivity contribution in [2.45, 2.75) is 19.1 Å². The number of benzene rings is 1. The van der Waals surface area contributed by atoms with Crippen LogP contribution in [0.4, 0.5) is 22.0 Å². The van der Waals surface area contributed by atoms with Gasteiger partial charge in [0.05, 0.1) is 6.54 Å². The van der Waals surface area contributed by atoms with Crippen molar-refractivity contribution in [1.29, 1.82) is 0 Å². The number of aromatic nitrogens is 1. The Morgan fingerprint density at radius 1 is 1.24 bits per heavy atom. The van der Waals surface area contributed by atoms with Gasteiger partial charge in [0.2, 0.25) is 0 Å². The normalized spacial score (nSPS) is 12.3. The minimum absolute atomic E-state index is 0.0642. The number of nitrogens with zero attached hydrogens (tertiary/aromatic N) is 2. The molecule has 0 amide bonds. The second-order valence-corrected chi connectivity index (χ2v) is 5.88. The molecule has 25 heavy (non-hydrogen) atoms. The van der Waals surface area contributed by atoms with Crippen LogP contribution in [0.2, 0.25) is 0 Å². The van der Waals surface area contributed by atoms with Crippen molar-refractivity contribution in [2.75, 3.05) is 13.6 Å². The lowest BCUT2D eigenvalue weighted by atomic mass is 10.1. The zero-order valence-corrected chi connectivity index (χ0v) is 13.9. The van der Waals surface area contributed by atoms with E-state index in [-0.39, 0.29) is 30.1 Å². The van der Waals surface area contributed by atoms with E-state index in [2.05, 4.69) is 20.6 Å². The van der Waals surface area contributed by atoms with E-state index in [0.717, 1.165) is 22.8 Å². The smallest absolute Gasteiger partial charge is 0.356 e. The second-order valence-electron chi connectivity index (χ2n) is 4.94. The summed E-state index contributed by atoms with van der Waals surface area (Å²) < 4.78 is 64.1. The Bertz CT molecular complexity index is 742. The number of hydrogen-bond acceptors (Lipinski definition) is 3. The molecule has 2 rings (SSSR count). The molecule has 0 bridgehead atoms. The summed E-state index contributed by atoms with van der Waals surface area (Å²) in [6, 6.07) is 3.93. The number of thiazole rings is 1. The molecule has 0 aliphatic carbocycles. The molecular formula is C15H15F5N4S. The molecule has 0 aliphatic rings. The van der Waals surface area contributed by atoms with E-state index in [1.807, 2.05) is 0 Å². The Labute approximate surface area is 144 Å². The van der Waals surface area contributed by atoms with Gasteiger partial charge in [-0.15, -0.1) is 11.3 Å². The van der Waals surface area contributed by atoms with Gasteiger partial charge in [-0.3, -0.25) is 4.99 Å². The molecule has 0 saturated heterocycles. The predicted octanol–water partition coefficient (Wildman–Crippen LogP) is 3.35. The van der Waals surface area contributed by atoms with E-state index >= 15 is 0 Å². The molecule has 0 atom stereocenters. The Hall–Kier alpha value is -2.23. The first-order valence-electron chi connectivity index (χ1n) is 7.20. The van der Waals surface area contributed by atoms with Gasteiger partial charge in [-0.2, -0.15) is 13.2 Å². The summed E-state index contributed by atoms with van der Waals surface area (Å²) in [4.78, 5) is 7.40. The molecule has 0 aliphatic heterocycles. The molecule has 1 heterocycles. The van der Waals surface area contributed by atoms with Crippen LogP contribution in [0.1, 0.15) is 16.3 Å². The first kappa shape index (κ1) is 19.1. The van der Waals surface area contributed by atoms with Gasteiger partial charge < -0.3 is 10.6 Å². The lowest BCUT2D eigenvalue weighted by Gasteiger charge is -2.11. The molecule has 0 radical (unpaired) electrons. The minimum atomic E-state index is -4.47. The van der Waals surface area contributed by atoms with Crippen LogP contribution in [0, 0.1) is 11.6 Å². The average molecular weight is 378 g/mol. The number of rotatable bonds is 5. The summed E-state index contributed by atoms with van der Waals surface area (Å²) >= 11 is 0.886. The van der Waals surface area contributed by atoms with Crippen LogP contribution < -0.4 is 10.6 Å². The highest BCUT2D eigenvalue weighted by atomic mass is 32.1. The molecule has 136 valence electrons. The zero-order valence-electron chi connectivity index (χ0n) is 13.1. The quantitative estimate of drug-likeness (QED) is 0.477. The fraction of sp³-hybridized carbons (Fsp3) is 0.333. The van der Waals surface area contributed by atoms with Crippen molar-refractivity contribution < 1.29 is 22.0 Å². The number of nitrogens with one attached hydrogen (secondary N) is 2. The Kier molecular flexibility index (Phi) is 6.29. The fourth-order valence-corrected chi connectivity index (χ4v) is 2.70. The SMILES string of the molecule is CN=C(NCCc1cccc(F)c1F)NCc1nc(C(F)(F)F)cs1. The van der Waals surface area contributed by atoms with Gasteiger partial charge in [-0.05, 0) is 18.1 Å². The summed E-state index contributed by atoms with van der Waals surface area (Å²) in [6.45, 7) is 0.334. The number of guanidine groups is 1. The van der Waals surface area contributed by atoms with Crippen molar-refractivity contribution in [2.24, 2.45) is 4.99 Å². The monoisotopic (exact) mass is 378 g/mol. The van der Waals surface area contributed by atoms with Crippen LogP contribution in [0.3, 0.4) is 0 Å². The molecule has 0 fully saturated rings. The van der Waals surface area contributed by atoms with Crippen molar-refractivity contribution in [3.8, 4) is 0 Å². The zero-order chi connectivity index (χ0) is 18.4. The van der Waals surface area contributed by atoms with Crippen molar-refractivity contribution in [1.82, 2.24) is 15.6 Å². The number of aliphatic imine (C=N–C) groups is 1. The Morgan fingerprint density at radius 2 is 2.00 bits per heavy atom. The van der Waals surface area contributed by atoms with Gasteiger partial charge in [0, 0.05) is 19.0 Å². The van der Waals surface area contributed by atoms with E-state index in [4.69, 9.17) is 0 Å². The van der Waals surface area contributed by atoms with Gasteiger partial charge in [0.15, 0.2) is 23.3 Å². The van der Waals surface area contributed by atoms with Gasteiger partial charge in [0.25, 0.3) is 0 Å². The Balaban J connectivity index is 1.83. The van der Waals surface area contributed by atoms with Crippen LogP contribution in [0.25, 0.3) is 0 Å². The van der Waals surface area contributed by atoms with Crippen LogP contribution in [-0.4, -0.2) is 24.5 Å². The molecule has 0 unspecified atom stereocenters. The van der Waals surface area contributed by atoms with Crippen molar-refractivity contribution >= 4 is 17.3 Å². The highest BCUT2D eigenvalue weighted by Crippen LogP contribution is 2.29. The summed E-state index contributed by atoms with van der Waals surface area (Å²) in [5.41, 5.74) is -0.712. The summed E-state index contributed by atoms with van der Waals surface area (Å²) in [6.07, 6.45) is -4.25. The number of halogens is 5. The number of alkyl halides is 3. The fourth-order valence-electron chi connectivity index (χ4n) is 1.96. The van der Waals surface area contributed by atoms with Crippen LogP contribution in [0.15, 0.2) is 28.6 Å². The third-order valence-corrected chi connectivity index (χ3v) is 4.04. The van der Waals surface area contributed by atoms with E-state index in [0.29, 0.717) is 5.96 Å². The van der Waals surface area contributed by atoms with Gasteiger partial charge in [-0.1, -0.05) is 12.1 Å². The maximum absolute atomic E-state index is 13.5. The first-order valence-corrected chi connectivity index (χ1v) is 8.08. The molecule has 1 aromatic carbocycles.